The molecule has 0 aromatic heterocycles. The van der Waals surface area contributed by atoms with Gasteiger partial charge in [-0.3, -0.25) is 19.2 Å². The average molecular weight is 447 g/mol. The Morgan fingerprint density at radius 3 is 1.84 bits per heavy atom. The maximum absolute atomic E-state index is 12.7. The molecule has 5 atom stereocenters. The predicted octanol–water partition coefficient (Wildman–Crippen LogP) is -1.59. The molecule has 12 heteroatoms. The van der Waals surface area contributed by atoms with Crippen LogP contribution in [0.3, 0.4) is 0 Å². The number of rotatable bonds is 14. The molecular formula is C19H34N4O8. The fourth-order valence-electron chi connectivity index (χ4n) is 2.61. The lowest BCUT2D eigenvalue weighted by molar-refractivity contribution is -0.144. The highest BCUT2D eigenvalue weighted by molar-refractivity contribution is 5.94. The molecule has 0 saturated heterocycles. The van der Waals surface area contributed by atoms with E-state index in [9.17, 15) is 29.1 Å². The maximum Gasteiger partial charge on any atom is 0.326 e. The van der Waals surface area contributed by atoms with Gasteiger partial charge in [0.2, 0.25) is 17.7 Å². The van der Waals surface area contributed by atoms with Crippen molar-refractivity contribution in [2.24, 2.45) is 17.6 Å². The van der Waals surface area contributed by atoms with Gasteiger partial charge in [-0.2, -0.15) is 0 Å². The second-order valence-electron chi connectivity index (χ2n) is 7.72. The molecule has 12 nitrogen and oxygen atoms in total. The molecule has 8 N–H and O–H groups in total. The first kappa shape index (κ1) is 28.3. The molecule has 0 rings (SSSR count). The minimum atomic E-state index is -1.32. The lowest BCUT2D eigenvalue weighted by Crippen LogP contribution is -2.59. The van der Waals surface area contributed by atoms with Crippen molar-refractivity contribution in [1.82, 2.24) is 16.0 Å². The van der Waals surface area contributed by atoms with Crippen molar-refractivity contribution in [3.63, 3.8) is 0 Å². The molecule has 3 amide bonds. The van der Waals surface area contributed by atoms with Crippen LogP contribution in [-0.4, -0.2) is 75.8 Å². The number of hydrogen-bond acceptors (Lipinski definition) is 7. The molecule has 0 aromatic carbocycles. The summed E-state index contributed by atoms with van der Waals surface area (Å²) in [5, 5.41) is 34.4. The van der Waals surface area contributed by atoms with Crippen molar-refractivity contribution >= 4 is 29.7 Å². The standard InChI is InChI=1S/C19H34N4O8/c1-5-10(4)15(19(30)31)23-18(29)14(9(2)3)22-17(28)12(6-7-13(25)26)21-16(27)11(20)8-24/h9-12,14-15,24H,5-8,20H2,1-4H3,(H,21,27)(H,22,28)(H,23,29)(H,25,26)(H,30,31). The fourth-order valence-corrected chi connectivity index (χ4v) is 2.61. The molecule has 178 valence electrons. The van der Waals surface area contributed by atoms with Crippen LogP contribution in [0.4, 0.5) is 0 Å². The fraction of sp³-hybridized carbons (Fsp3) is 0.737. The Balaban J connectivity index is 5.47. The van der Waals surface area contributed by atoms with Crippen LogP contribution in [0.15, 0.2) is 0 Å². The van der Waals surface area contributed by atoms with Gasteiger partial charge in [0.25, 0.3) is 0 Å². The number of carbonyl (C=O) groups is 5. The van der Waals surface area contributed by atoms with E-state index in [1.165, 1.54) is 0 Å². The SMILES string of the molecule is CCC(C)C(NC(=O)C(NC(=O)C(CCC(=O)O)NC(=O)C(N)CO)C(C)C)C(=O)O. The summed E-state index contributed by atoms with van der Waals surface area (Å²) in [5.41, 5.74) is 5.41. The lowest BCUT2D eigenvalue weighted by atomic mass is 9.97. The predicted molar refractivity (Wildman–Crippen MR) is 110 cm³/mol. The van der Waals surface area contributed by atoms with E-state index in [2.05, 4.69) is 16.0 Å². The van der Waals surface area contributed by atoms with Crippen LogP contribution in [0.25, 0.3) is 0 Å². The van der Waals surface area contributed by atoms with Gasteiger partial charge in [-0.15, -0.1) is 0 Å². The highest BCUT2D eigenvalue weighted by Crippen LogP contribution is 2.11. The number of aliphatic hydroxyl groups excluding tert-OH is 1. The first-order valence-corrected chi connectivity index (χ1v) is 10.1. The lowest BCUT2D eigenvalue weighted by Gasteiger charge is -2.28. The van der Waals surface area contributed by atoms with Crippen molar-refractivity contribution < 1.29 is 39.3 Å². The van der Waals surface area contributed by atoms with Crippen molar-refractivity contribution in [3.8, 4) is 0 Å². The summed E-state index contributed by atoms with van der Waals surface area (Å²) in [5.74, 6) is -5.61. The van der Waals surface area contributed by atoms with Crippen LogP contribution in [0.1, 0.15) is 47.0 Å². The molecule has 5 unspecified atom stereocenters. The van der Waals surface area contributed by atoms with Gasteiger partial charge >= 0.3 is 11.9 Å². The van der Waals surface area contributed by atoms with E-state index < -0.39 is 72.8 Å². The summed E-state index contributed by atoms with van der Waals surface area (Å²) in [7, 11) is 0. The van der Waals surface area contributed by atoms with Gasteiger partial charge in [-0.05, 0) is 18.3 Å². The number of aliphatic hydroxyl groups is 1. The Kier molecular flexibility index (Phi) is 12.4. The Morgan fingerprint density at radius 2 is 1.42 bits per heavy atom. The summed E-state index contributed by atoms with van der Waals surface area (Å²) in [6, 6.07) is -4.91. The van der Waals surface area contributed by atoms with Crippen LogP contribution in [0.5, 0.6) is 0 Å². The van der Waals surface area contributed by atoms with Gasteiger partial charge in [-0.1, -0.05) is 34.1 Å². The summed E-state index contributed by atoms with van der Waals surface area (Å²) in [4.78, 5) is 59.7. The van der Waals surface area contributed by atoms with Crippen molar-refractivity contribution in [2.75, 3.05) is 6.61 Å². The van der Waals surface area contributed by atoms with E-state index in [1.807, 2.05) is 0 Å². The van der Waals surface area contributed by atoms with Gasteiger partial charge in [-0.25, -0.2) is 4.79 Å². The zero-order valence-corrected chi connectivity index (χ0v) is 18.3. The third-order valence-corrected chi connectivity index (χ3v) is 4.84. The Hall–Kier alpha value is -2.73. The normalized spacial score (nSPS) is 15.8. The van der Waals surface area contributed by atoms with Crippen molar-refractivity contribution in [1.29, 1.82) is 0 Å². The van der Waals surface area contributed by atoms with Crippen LogP contribution < -0.4 is 21.7 Å². The van der Waals surface area contributed by atoms with Crippen LogP contribution in [0.2, 0.25) is 0 Å². The number of aliphatic carboxylic acids is 2. The molecular weight excluding hydrogens is 412 g/mol. The second-order valence-corrected chi connectivity index (χ2v) is 7.72. The monoisotopic (exact) mass is 446 g/mol. The van der Waals surface area contributed by atoms with E-state index >= 15 is 0 Å². The van der Waals surface area contributed by atoms with Crippen molar-refractivity contribution in [3.05, 3.63) is 0 Å². The Morgan fingerprint density at radius 1 is 0.871 bits per heavy atom. The first-order valence-electron chi connectivity index (χ1n) is 10.1. The molecule has 0 aliphatic heterocycles. The molecule has 0 fully saturated rings. The number of carboxylic acid groups (broad SMARTS) is 2. The summed E-state index contributed by atoms with van der Waals surface area (Å²) in [6.07, 6.45) is -0.215. The third kappa shape index (κ3) is 9.75. The zero-order valence-electron chi connectivity index (χ0n) is 18.3. The maximum atomic E-state index is 12.7. The molecule has 0 heterocycles. The number of carboxylic acids is 2. The molecule has 0 aromatic rings. The topological polar surface area (TPSA) is 208 Å². The Bertz CT molecular complexity index is 655. The Labute approximate surface area is 180 Å². The highest BCUT2D eigenvalue weighted by atomic mass is 16.4. The van der Waals surface area contributed by atoms with Crippen LogP contribution in [-0.2, 0) is 24.0 Å². The minimum absolute atomic E-state index is 0.276. The van der Waals surface area contributed by atoms with Gasteiger partial charge < -0.3 is 37.0 Å². The average Bonchev–Trinajstić information content (AvgIpc) is 2.70. The van der Waals surface area contributed by atoms with E-state index in [4.69, 9.17) is 15.9 Å². The molecule has 0 aliphatic carbocycles. The number of amides is 3. The quantitative estimate of drug-likeness (QED) is 0.164. The van der Waals surface area contributed by atoms with E-state index in [0.717, 1.165) is 0 Å². The number of hydrogen-bond donors (Lipinski definition) is 7. The number of carbonyl (C=O) groups excluding carboxylic acids is 3. The number of nitrogens with two attached hydrogens (primary N) is 1. The van der Waals surface area contributed by atoms with Gasteiger partial charge in [0.1, 0.15) is 24.2 Å². The van der Waals surface area contributed by atoms with Crippen LogP contribution in [0, 0.1) is 11.8 Å². The zero-order chi connectivity index (χ0) is 24.3. The molecule has 0 radical (unpaired) electrons. The third-order valence-electron chi connectivity index (χ3n) is 4.84. The van der Waals surface area contributed by atoms with E-state index in [1.54, 1.807) is 27.7 Å². The van der Waals surface area contributed by atoms with Gasteiger partial charge in [0, 0.05) is 6.42 Å². The van der Waals surface area contributed by atoms with Crippen molar-refractivity contribution in [2.45, 2.75) is 71.1 Å². The number of nitrogens with one attached hydrogen (secondary N) is 3. The first-order chi connectivity index (χ1) is 14.3. The molecule has 0 saturated carbocycles. The minimum Gasteiger partial charge on any atom is -0.481 e. The highest BCUT2D eigenvalue weighted by Gasteiger charge is 2.33. The molecule has 0 bridgehead atoms. The van der Waals surface area contributed by atoms with Crippen LogP contribution >= 0.6 is 0 Å². The smallest absolute Gasteiger partial charge is 0.326 e. The van der Waals surface area contributed by atoms with E-state index in [0.29, 0.717) is 6.42 Å². The van der Waals surface area contributed by atoms with Gasteiger partial charge in [0.05, 0.1) is 6.61 Å². The molecule has 0 aliphatic rings. The van der Waals surface area contributed by atoms with Gasteiger partial charge in [0.15, 0.2) is 0 Å². The summed E-state index contributed by atoms with van der Waals surface area (Å²) >= 11 is 0. The summed E-state index contributed by atoms with van der Waals surface area (Å²) < 4.78 is 0. The molecule has 31 heavy (non-hydrogen) atoms. The second kappa shape index (κ2) is 13.5. The molecule has 0 spiro atoms. The summed E-state index contributed by atoms with van der Waals surface area (Å²) in [6.45, 7) is 6.04. The largest absolute Gasteiger partial charge is 0.481 e. The van der Waals surface area contributed by atoms with E-state index in [-0.39, 0.29) is 12.3 Å².